The van der Waals surface area contributed by atoms with E-state index in [1.54, 1.807) is 0 Å². The van der Waals surface area contributed by atoms with Crippen LogP contribution in [0.15, 0.2) is 0 Å². The highest BCUT2D eigenvalue weighted by atomic mass is 16.2. The van der Waals surface area contributed by atoms with Crippen molar-refractivity contribution in [1.29, 1.82) is 0 Å². The van der Waals surface area contributed by atoms with Gasteiger partial charge in [0.25, 0.3) is 0 Å². The Labute approximate surface area is 105 Å². The summed E-state index contributed by atoms with van der Waals surface area (Å²) >= 11 is 0. The standard InChI is InChI=1S/C14H26N2O/c1-11-6-7-12(2)16(10-11)13(17)14(3)8-4-5-9-15-14/h11-12,15H,4-10H2,1-3H3. The average Bonchev–Trinajstić information content (AvgIpc) is 2.32. The van der Waals surface area contributed by atoms with Crippen LogP contribution in [0.5, 0.6) is 0 Å². The molecular formula is C14H26N2O. The summed E-state index contributed by atoms with van der Waals surface area (Å²) in [6.07, 6.45) is 5.78. The molecule has 0 aromatic carbocycles. The van der Waals surface area contributed by atoms with Crippen molar-refractivity contribution in [2.45, 2.75) is 64.5 Å². The fourth-order valence-corrected chi connectivity index (χ4v) is 3.13. The number of nitrogens with zero attached hydrogens (tertiary/aromatic N) is 1. The fraction of sp³-hybridized carbons (Fsp3) is 0.929. The molecule has 0 bridgehead atoms. The average molecular weight is 238 g/mol. The Morgan fingerprint density at radius 1 is 1.29 bits per heavy atom. The summed E-state index contributed by atoms with van der Waals surface area (Å²) in [5.41, 5.74) is -0.302. The minimum absolute atomic E-state index is 0.302. The third-order valence-corrected chi connectivity index (χ3v) is 4.47. The molecule has 2 heterocycles. The van der Waals surface area contributed by atoms with Gasteiger partial charge < -0.3 is 10.2 Å². The number of rotatable bonds is 1. The quantitative estimate of drug-likeness (QED) is 0.759. The molecule has 0 aliphatic carbocycles. The van der Waals surface area contributed by atoms with Crippen molar-refractivity contribution in [3.8, 4) is 0 Å². The molecule has 2 fully saturated rings. The first-order valence-corrected chi connectivity index (χ1v) is 7.09. The van der Waals surface area contributed by atoms with Gasteiger partial charge >= 0.3 is 0 Å². The van der Waals surface area contributed by atoms with Gasteiger partial charge in [-0.3, -0.25) is 4.79 Å². The fourth-order valence-electron chi connectivity index (χ4n) is 3.13. The smallest absolute Gasteiger partial charge is 0.242 e. The Hall–Kier alpha value is -0.570. The third-order valence-electron chi connectivity index (χ3n) is 4.47. The van der Waals surface area contributed by atoms with E-state index >= 15 is 0 Å². The summed E-state index contributed by atoms with van der Waals surface area (Å²) < 4.78 is 0. The molecule has 2 rings (SSSR count). The molecule has 2 aliphatic heterocycles. The Kier molecular flexibility index (Phi) is 3.76. The van der Waals surface area contributed by atoms with Crippen LogP contribution in [-0.2, 0) is 4.79 Å². The normalized spacial score (nSPS) is 39.1. The van der Waals surface area contributed by atoms with E-state index < -0.39 is 0 Å². The lowest BCUT2D eigenvalue weighted by Gasteiger charge is -2.43. The molecule has 3 atom stereocenters. The van der Waals surface area contributed by atoms with Gasteiger partial charge in [0.05, 0.1) is 5.54 Å². The highest BCUT2D eigenvalue weighted by Crippen LogP contribution is 2.27. The molecular weight excluding hydrogens is 212 g/mol. The van der Waals surface area contributed by atoms with Gasteiger partial charge in [-0.05, 0) is 58.4 Å². The van der Waals surface area contributed by atoms with Gasteiger partial charge in [0.15, 0.2) is 0 Å². The number of likely N-dealkylation sites (tertiary alicyclic amines) is 1. The second-order valence-corrected chi connectivity index (χ2v) is 6.21. The number of nitrogens with one attached hydrogen (secondary N) is 1. The second-order valence-electron chi connectivity index (χ2n) is 6.21. The van der Waals surface area contributed by atoms with E-state index in [-0.39, 0.29) is 5.54 Å². The van der Waals surface area contributed by atoms with Gasteiger partial charge in [0, 0.05) is 12.6 Å². The van der Waals surface area contributed by atoms with E-state index in [1.165, 1.54) is 19.3 Å². The summed E-state index contributed by atoms with van der Waals surface area (Å²) in [6.45, 7) is 8.45. The van der Waals surface area contributed by atoms with Crippen LogP contribution in [-0.4, -0.2) is 35.5 Å². The Bertz CT molecular complexity index is 284. The molecule has 0 saturated carbocycles. The maximum Gasteiger partial charge on any atom is 0.242 e. The maximum atomic E-state index is 12.7. The van der Waals surface area contributed by atoms with Crippen LogP contribution in [0.25, 0.3) is 0 Å². The Morgan fingerprint density at radius 3 is 2.71 bits per heavy atom. The molecule has 3 nitrogen and oxygen atoms in total. The Morgan fingerprint density at radius 2 is 2.06 bits per heavy atom. The van der Waals surface area contributed by atoms with E-state index in [0.717, 1.165) is 25.9 Å². The van der Waals surface area contributed by atoms with Crippen LogP contribution < -0.4 is 5.32 Å². The molecule has 3 heteroatoms. The lowest BCUT2D eigenvalue weighted by Crippen LogP contribution is -2.61. The zero-order valence-corrected chi connectivity index (χ0v) is 11.5. The van der Waals surface area contributed by atoms with Crippen LogP contribution in [0, 0.1) is 5.92 Å². The predicted molar refractivity (Wildman–Crippen MR) is 69.8 cm³/mol. The van der Waals surface area contributed by atoms with E-state index in [9.17, 15) is 4.79 Å². The summed E-state index contributed by atoms with van der Waals surface area (Å²) in [5, 5.41) is 3.44. The van der Waals surface area contributed by atoms with Gasteiger partial charge in [0.1, 0.15) is 0 Å². The number of amides is 1. The third kappa shape index (κ3) is 2.65. The van der Waals surface area contributed by atoms with Crippen molar-refractivity contribution in [1.82, 2.24) is 10.2 Å². The topological polar surface area (TPSA) is 32.3 Å². The van der Waals surface area contributed by atoms with E-state index in [1.807, 2.05) is 0 Å². The summed E-state index contributed by atoms with van der Waals surface area (Å²) in [4.78, 5) is 14.8. The van der Waals surface area contributed by atoms with E-state index in [0.29, 0.717) is 17.9 Å². The second kappa shape index (κ2) is 4.97. The highest BCUT2D eigenvalue weighted by Gasteiger charge is 2.40. The number of hydrogen-bond acceptors (Lipinski definition) is 2. The van der Waals surface area contributed by atoms with Crippen molar-refractivity contribution in [2.24, 2.45) is 5.92 Å². The van der Waals surface area contributed by atoms with Crippen molar-refractivity contribution < 1.29 is 4.79 Å². The predicted octanol–water partition coefficient (Wildman–Crippen LogP) is 2.17. The molecule has 0 aromatic rings. The minimum Gasteiger partial charge on any atom is -0.338 e. The van der Waals surface area contributed by atoms with Gasteiger partial charge in [-0.15, -0.1) is 0 Å². The number of carbonyl (C=O) groups excluding carboxylic acids is 1. The molecule has 0 radical (unpaired) electrons. The minimum atomic E-state index is -0.302. The largest absolute Gasteiger partial charge is 0.338 e. The summed E-state index contributed by atoms with van der Waals surface area (Å²) in [6, 6.07) is 0.416. The van der Waals surface area contributed by atoms with Crippen LogP contribution in [0.1, 0.15) is 52.9 Å². The van der Waals surface area contributed by atoms with Crippen LogP contribution >= 0.6 is 0 Å². The lowest BCUT2D eigenvalue weighted by atomic mass is 9.86. The zero-order chi connectivity index (χ0) is 12.5. The van der Waals surface area contributed by atoms with Gasteiger partial charge in [0.2, 0.25) is 5.91 Å². The first-order valence-electron chi connectivity index (χ1n) is 7.09. The summed E-state index contributed by atoms with van der Waals surface area (Å²) in [7, 11) is 0. The van der Waals surface area contributed by atoms with Gasteiger partial charge in [-0.1, -0.05) is 6.92 Å². The van der Waals surface area contributed by atoms with Crippen molar-refractivity contribution >= 4 is 5.91 Å². The zero-order valence-electron chi connectivity index (χ0n) is 11.5. The molecule has 98 valence electrons. The monoisotopic (exact) mass is 238 g/mol. The van der Waals surface area contributed by atoms with Gasteiger partial charge in [-0.2, -0.15) is 0 Å². The van der Waals surface area contributed by atoms with E-state index in [2.05, 4.69) is 31.0 Å². The van der Waals surface area contributed by atoms with Crippen LogP contribution in [0.3, 0.4) is 0 Å². The molecule has 0 spiro atoms. The molecule has 1 amide bonds. The van der Waals surface area contributed by atoms with Gasteiger partial charge in [-0.25, -0.2) is 0 Å². The number of hydrogen-bond donors (Lipinski definition) is 1. The first-order chi connectivity index (χ1) is 8.03. The van der Waals surface area contributed by atoms with Crippen molar-refractivity contribution in [2.75, 3.05) is 13.1 Å². The molecule has 17 heavy (non-hydrogen) atoms. The summed E-state index contributed by atoms with van der Waals surface area (Å²) in [5.74, 6) is 0.985. The van der Waals surface area contributed by atoms with Crippen LogP contribution in [0.2, 0.25) is 0 Å². The maximum absolute atomic E-state index is 12.7. The molecule has 0 aromatic heterocycles. The molecule has 2 saturated heterocycles. The SMILES string of the molecule is CC1CCC(C)N(C(=O)C2(C)CCCCN2)C1. The van der Waals surface area contributed by atoms with E-state index in [4.69, 9.17) is 0 Å². The lowest BCUT2D eigenvalue weighted by molar-refractivity contribution is -0.143. The van der Waals surface area contributed by atoms with Crippen molar-refractivity contribution in [3.63, 3.8) is 0 Å². The first kappa shape index (κ1) is 12.9. The highest BCUT2D eigenvalue weighted by molar-refractivity contribution is 5.86. The molecule has 1 N–H and O–H groups in total. The van der Waals surface area contributed by atoms with Crippen LogP contribution in [0.4, 0.5) is 0 Å². The van der Waals surface area contributed by atoms with Crippen molar-refractivity contribution in [3.05, 3.63) is 0 Å². The molecule has 3 unspecified atom stereocenters. The molecule has 2 aliphatic rings. The number of carbonyl (C=O) groups is 1. The number of piperidine rings is 2. The Balaban J connectivity index is 2.06.